The zero-order valence-corrected chi connectivity index (χ0v) is 16.8. The lowest BCUT2D eigenvalue weighted by atomic mass is 9.87. The van der Waals surface area contributed by atoms with Crippen LogP contribution < -0.4 is 15.4 Å². The second-order valence-electron chi connectivity index (χ2n) is 7.66. The van der Waals surface area contributed by atoms with E-state index in [2.05, 4.69) is 31.4 Å². The summed E-state index contributed by atoms with van der Waals surface area (Å²) < 4.78 is 5.52. The highest BCUT2D eigenvalue weighted by molar-refractivity contribution is 5.92. The highest BCUT2D eigenvalue weighted by Gasteiger charge is 2.13. The molecule has 0 unspecified atom stereocenters. The van der Waals surface area contributed by atoms with Crippen molar-refractivity contribution in [3.63, 3.8) is 0 Å². The molecule has 0 saturated heterocycles. The van der Waals surface area contributed by atoms with Gasteiger partial charge >= 0.3 is 5.97 Å². The largest absolute Gasteiger partial charge is 0.484 e. The van der Waals surface area contributed by atoms with Crippen LogP contribution in [0.25, 0.3) is 0 Å². The molecule has 0 heterocycles. The van der Waals surface area contributed by atoms with E-state index in [-0.39, 0.29) is 30.3 Å². The van der Waals surface area contributed by atoms with Crippen LogP contribution in [0.1, 0.15) is 31.9 Å². The molecule has 0 aliphatic carbocycles. The lowest BCUT2D eigenvalue weighted by Gasteiger charge is -2.19. The Bertz CT molecular complexity index is 852. The molecule has 2 rings (SSSR count). The molecule has 7 heteroatoms. The van der Waals surface area contributed by atoms with E-state index in [0.29, 0.717) is 17.0 Å². The first-order valence-electron chi connectivity index (χ1n) is 9.24. The van der Waals surface area contributed by atoms with E-state index in [0.717, 1.165) is 0 Å². The molecule has 0 aromatic heterocycles. The van der Waals surface area contributed by atoms with Gasteiger partial charge in [-0.15, -0.1) is 0 Å². The molecular weight excluding hydrogens is 372 g/mol. The lowest BCUT2D eigenvalue weighted by Crippen LogP contribution is -2.30. The first-order chi connectivity index (χ1) is 13.6. The maximum absolute atomic E-state index is 12.1. The summed E-state index contributed by atoms with van der Waals surface area (Å²) in [6.07, 6.45) is 0.0647. The van der Waals surface area contributed by atoms with Gasteiger partial charge in [-0.25, -0.2) is 0 Å². The van der Waals surface area contributed by atoms with Gasteiger partial charge in [-0.2, -0.15) is 0 Å². The Morgan fingerprint density at radius 2 is 1.55 bits per heavy atom. The summed E-state index contributed by atoms with van der Waals surface area (Å²) >= 11 is 0. The minimum atomic E-state index is -1.09. The van der Waals surface area contributed by atoms with Crippen LogP contribution in [-0.4, -0.2) is 36.0 Å². The molecule has 3 N–H and O–H groups in total. The maximum atomic E-state index is 12.1. The monoisotopic (exact) mass is 398 g/mol. The number of nitrogens with one attached hydrogen (secondary N) is 2. The number of aliphatic carboxylic acids is 1. The third-order valence-electron chi connectivity index (χ3n) is 4.13. The van der Waals surface area contributed by atoms with Gasteiger partial charge in [-0.3, -0.25) is 14.4 Å². The fourth-order valence-electron chi connectivity index (χ4n) is 2.53. The summed E-state index contributed by atoms with van der Waals surface area (Å²) in [5.41, 5.74) is 2.53. The molecule has 0 radical (unpaired) electrons. The summed E-state index contributed by atoms with van der Waals surface area (Å²) in [4.78, 5) is 34.1. The number of hydrogen-bond donors (Lipinski definition) is 3. The molecule has 2 aromatic rings. The molecular formula is C22H26N2O5. The van der Waals surface area contributed by atoms with Gasteiger partial charge in [0.1, 0.15) is 12.3 Å². The molecule has 0 saturated carbocycles. The van der Waals surface area contributed by atoms with Gasteiger partial charge in [0.2, 0.25) is 5.91 Å². The minimum absolute atomic E-state index is 0.0546. The normalized spacial score (nSPS) is 10.9. The molecule has 0 spiro atoms. The van der Waals surface area contributed by atoms with Crippen molar-refractivity contribution in [2.24, 2.45) is 0 Å². The highest BCUT2D eigenvalue weighted by Crippen LogP contribution is 2.24. The van der Waals surface area contributed by atoms with Gasteiger partial charge < -0.3 is 20.5 Å². The smallest absolute Gasteiger partial charge is 0.322 e. The van der Waals surface area contributed by atoms with Crippen LogP contribution in [0.5, 0.6) is 5.75 Å². The van der Waals surface area contributed by atoms with Crippen LogP contribution in [0.4, 0.5) is 5.69 Å². The highest BCUT2D eigenvalue weighted by atomic mass is 16.5. The second kappa shape index (κ2) is 9.73. The van der Waals surface area contributed by atoms with Crippen LogP contribution >= 0.6 is 0 Å². The Hall–Kier alpha value is -3.35. The number of ether oxygens (including phenoxy) is 1. The molecule has 0 aliphatic heterocycles. The van der Waals surface area contributed by atoms with Crippen molar-refractivity contribution in [3.05, 3.63) is 59.7 Å². The lowest BCUT2D eigenvalue weighted by molar-refractivity contribution is -0.137. The Morgan fingerprint density at radius 1 is 0.931 bits per heavy atom. The number of carboxylic acid groups (broad SMARTS) is 1. The molecule has 0 atom stereocenters. The third-order valence-corrected chi connectivity index (χ3v) is 4.13. The molecule has 7 nitrogen and oxygen atoms in total. The molecule has 154 valence electrons. The van der Waals surface area contributed by atoms with E-state index < -0.39 is 12.5 Å². The molecule has 0 fully saturated rings. The van der Waals surface area contributed by atoms with E-state index in [1.165, 1.54) is 5.56 Å². The summed E-state index contributed by atoms with van der Waals surface area (Å²) in [7, 11) is 0. The van der Waals surface area contributed by atoms with Gasteiger partial charge in [-0.1, -0.05) is 45.0 Å². The first kappa shape index (κ1) is 21.9. The average molecular weight is 398 g/mol. The fourth-order valence-corrected chi connectivity index (χ4v) is 2.53. The number of carbonyl (C=O) groups excluding carboxylic acids is 2. The van der Waals surface area contributed by atoms with Crippen LogP contribution in [-0.2, 0) is 26.2 Å². The fraction of sp³-hybridized carbons (Fsp3) is 0.318. The SMILES string of the molecule is CC(C)(C)c1ccc(OCC(=O)Nc2ccc(CC(=O)NCC(=O)O)cc2)cc1. The van der Waals surface area contributed by atoms with Gasteiger partial charge in [0.25, 0.3) is 5.91 Å². The van der Waals surface area contributed by atoms with Gasteiger partial charge in [0.15, 0.2) is 6.61 Å². The molecule has 29 heavy (non-hydrogen) atoms. The van der Waals surface area contributed by atoms with Crippen molar-refractivity contribution in [1.82, 2.24) is 5.32 Å². The van der Waals surface area contributed by atoms with Crippen LogP contribution in [0.2, 0.25) is 0 Å². The Balaban J connectivity index is 1.80. The number of carbonyl (C=O) groups is 3. The zero-order chi connectivity index (χ0) is 21.4. The predicted octanol–water partition coefficient (Wildman–Crippen LogP) is 2.74. The standard InChI is InChI=1S/C22H26N2O5/c1-22(2,3)16-6-10-18(11-7-16)29-14-20(26)24-17-8-4-15(5-9-17)12-19(25)23-13-21(27)28/h4-11H,12-14H2,1-3H3,(H,23,25)(H,24,26)(H,27,28). The Labute approximate surface area is 170 Å². The van der Waals surface area contributed by atoms with Gasteiger partial charge in [-0.05, 0) is 40.8 Å². The Morgan fingerprint density at radius 3 is 2.10 bits per heavy atom. The quantitative estimate of drug-likeness (QED) is 0.634. The Kier molecular flexibility index (Phi) is 7.36. The number of benzene rings is 2. The maximum Gasteiger partial charge on any atom is 0.322 e. The number of carboxylic acids is 1. The molecule has 2 aromatic carbocycles. The first-order valence-corrected chi connectivity index (χ1v) is 9.24. The van der Waals surface area contributed by atoms with Crippen LogP contribution in [0.15, 0.2) is 48.5 Å². The zero-order valence-electron chi connectivity index (χ0n) is 16.8. The number of hydrogen-bond acceptors (Lipinski definition) is 4. The topological polar surface area (TPSA) is 105 Å². The van der Waals surface area contributed by atoms with Gasteiger partial charge in [0.05, 0.1) is 6.42 Å². The number of anilines is 1. The van der Waals surface area contributed by atoms with Gasteiger partial charge in [0, 0.05) is 5.69 Å². The molecule has 0 aliphatic rings. The second-order valence-corrected chi connectivity index (χ2v) is 7.66. The van der Waals surface area contributed by atoms with E-state index in [1.807, 2.05) is 24.3 Å². The van der Waals surface area contributed by atoms with Crippen LogP contribution in [0.3, 0.4) is 0 Å². The van der Waals surface area contributed by atoms with Crippen molar-refractivity contribution in [1.29, 1.82) is 0 Å². The van der Waals surface area contributed by atoms with Crippen molar-refractivity contribution in [3.8, 4) is 5.75 Å². The van der Waals surface area contributed by atoms with Crippen molar-refractivity contribution >= 4 is 23.5 Å². The van der Waals surface area contributed by atoms with E-state index in [1.54, 1.807) is 24.3 Å². The van der Waals surface area contributed by atoms with Crippen molar-refractivity contribution in [2.45, 2.75) is 32.6 Å². The summed E-state index contributed by atoms with van der Waals surface area (Å²) in [5, 5.41) is 13.6. The van der Waals surface area contributed by atoms with E-state index in [9.17, 15) is 14.4 Å². The van der Waals surface area contributed by atoms with E-state index in [4.69, 9.17) is 9.84 Å². The predicted molar refractivity (Wildman–Crippen MR) is 110 cm³/mol. The number of rotatable bonds is 8. The summed E-state index contributed by atoms with van der Waals surface area (Å²) in [6, 6.07) is 14.4. The van der Waals surface area contributed by atoms with Crippen molar-refractivity contribution in [2.75, 3.05) is 18.5 Å². The van der Waals surface area contributed by atoms with Crippen LogP contribution in [0, 0.1) is 0 Å². The summed E-state index contributed by atoms with van der Waals surface area (Å²) in [5.74, 6) is -1.15. The number of amides is 2. The average Bonchev–Trinajstić information content (AvgIpc) is 2.66. The summed E-state index contributed by atoms with van der Waals surface area (Å²) in [6.45, 7) is 5.86. The molecule has 0 bridgehead atoms. The van der Waals surface area contributed by atoms with Crippen molar-refractivity contribution < 1.29 is 24.2 Å². The van der Waals surface area contributed by atoms with E-state index >= 15 is 0 Å². The minimum Gasteiger partial charge on any atom is -0.484 e. The third kappa shape index (κ3) is 7.65. The molecule has 2 amide bonds.